The average molecular weight is 488 g/mol. The van der Waals surface area contributed by atoms with Crippen molar-refractivity contribution >= 4 is 34.3 Å². The first-order chi connectivity index (χ1) is 16.2. The number of benzene rings is 1. The second-order valence-corrected chi connectivity index (χ2v) is 8.73. The Balaban J connectivity index is 1.48. The number of carboxylic acid groups (broad SMARTS) is 1. The number of halogens is 1. The Morgan fingerprint density at radius 3 is 2.65 bits per heavy atom. The number of imidazole rings is 1. The fraction of sp³-hybridized carbons (Fsp3) is 0.318. The molecule has 3 N–H and O–H groups in total. The average Bonchev–Trinajstić information content (AvgIpc) is 3.17. The van der Waals surface area contributed by atoms with E-state index in [4.69, 9.17) is 4.74 Å². The monoisotopic (exact) mass is 487 g/mol. The van der Waals surface area contributed by atoms with Gasteiger partial charge in [-0.15, -0.1) is 11.3 Å². The molecule has 10 nitrogen and oxygen atoms in total. The van der Waals surface area contributed by atoms with Gasteiger partial charge >= 0.3 is 5.97 Å². The summed E-state index contributed by atoms with van der Waals surface area (Å²) in [6.07, 6.45) is 2.29. The van der Waals surface area contributed by atoms with Gasteiger partial charge in [0.1, 0.15) is 11.9 Å². The van der Waals surface area contributed by atoms with Crippen molar-refractivity contribution in [1.82, 2.24) is 19.9 Å². The SMILES string of the molecule is CC[C@]1(C(=O)O)O[C@@H]1C(=O)N[C@@H](Cc1cn(C)cn1)C(=O)Nc1nc(-c2ccc(F)cc2)cs1. The maximum Gasteiger partial charge on any atom is 0.339 e. The fourth-order valence-corrected chi connectivity index (χ4v) is 4.26. The second-order valence-electron chi connectivity index (χ2n) is 7.88. The number of nitrogens with zero attached hydrogens (tertiary/aromatic N) is 3. The van der Waals surface area contributed by atoms with Gasteiger partial charge in [-0.25, -0.2) is 19.2 Å². The van der Waals surface area contributed by atoms with Gasteiger partial charge in [0.25, 0.3) is 5.91 Å². The number of aryl methyl sites for hydroxylation is 1. The molecule has 178 valence electrons. The molecule has 0 bridgehead atoms. The second kappa shape index (κ2) is 9.31. The van der Waals surface area contributed by atoms with Crippen molar-refractivity contribution in [2.24, 2.45) is 7.05 Å². The number of ether oxygens (including phenoxy) is 1. The van der Waals surface area contributed by atoms with Gasteiger partial charge in [0.05, 0.1) is 17.7 Å². The Morgan fingerprint density at radius 2 is 2.06 bits per heavy atom. The molecule has 0 radical (unpaired) electrons. The maximum absolute atomic E-state index is 13.2. The van der Waals surface area contributed by atoms with Crippen LogP contribution in [0, 0.1) is 5.82 Å². The molecule has 1 saturated heterocycles. The van der Waals surface area contributed by atoms with E-state index in [1.54, 1.807) is 48.6 Å². The minimum atomic E-state index is -1.57. The Labute approximate surface area is 197 Å². The molecule has 0 aliphatic carbocycles. The number of aliphatic carboxylic acids is 1. The van der Waals surface area contributed by atoms with E-state index >= 15 is 0 Å². The Kier molecular flexibility index (Phi) is 6.44. The van der Waals surface area contributed by atoms with E-state index in [0.717, 1.165) is 0 Å². The summed E-state index contributed by atoms with van der Waals surface area (Å²) in [7, 11) is 1.78. The van der Waals surface area contributed by atoms with E-state index in [1.807, 2.05) is 0 Å². The standard InChI is InChI=1S/C22H22FN5O5S/c1-3-22(20(31)32)17(33-22)19(30)25-15(8-14-9-28(2)11-24-14)18(29)27-21-26-16(10-34-21)12-4-6-13(23)7-5-12/h4-7,9-11,15,17H,3,8H2,1-2H3,(H,25,30)(H,31,32)(H,26,27,29)/t15-,17+,22-/m0/s1. The molecule has 4 rings (SSSR count). The highest BCUT2D eigenvalue weighted by atomic mass is 32.1. The lowest BCUT2D eigenvalue weighted by Crippen LogP contribution is -2.48. The van der Waals surface area contributed by atoms with Crippen LogP contribution < -0.4 is 10.6 Å². The molecule has 1 fully saturated rings. The van der Waals surface area contributed by atoms with E-state index in [0.29, 0.717) is 22.1 Å². The van der Waals surface area contributed by atoms with E-state index in [2.05, 4.69) is 20.6 Å². The molecule has 3 atom stereocenters. The summed E-state index contributed by atoms with van der Waals surface area (Å²) < 4.78 is 20.1. The van der Waals surface area contributed by atoms with Gasteiger partial charge in [0, 0.05) is 30.6 Å². The number of hydrogen-bond donors (Lipinski definition) is 3. The van der Waals surface area contributed by atoms with Crippen LogP contribution in [0.1, 0.15) is 19.0 Å². The minimum absolute atomic E-state index is 0.0769. The summed E-state index contributed by atoms with van der Waals surface area (Å²) in [5.41, 5.74) is 0.235. The van der Waals surface area contributed by atoms with Crippen molar-refractivity contribution in [2.45, 2.75) is 37.5 Å². The zero-order valence-electron chi connectivity index (χ0n) is 18.3. The number of carboxylic acids is 1. The van der Waals surface area contributed by atoms with Crippen LogP contribution in [0.3, 0.4) is 0 Å². The molecule has 1 aromatic carbocycles. The lowest BCUT2D eigenvalue weighted by molar-refractivity contribution is -0.143. The lowest BCUT2D eigenvalue weighted by atomic mass is 10.0. The summed E-state index contributed by atoms with van der Waals surface area (Å²) in [6, 6.07) is 4.75. The molecule has 0 unspecified atom stereocenters. The third kappa shape index (κ3) is 4.82. The van der Waals surface area contributed by atoms with Crippen molar-refractivity contribution in [2.75, 3.05) is 5.32 Å². The smallest absolute Gasteiger partial charge is 0.339 e. The molecule has 1 aliphatic heterocycles. The highest BCUT2D eigenvalue weighted by Gasteiger charge is 2.65. The van der Waals surface area contributed by atoms with Gasteiger partial charge < -0.3 is 25.0 Å². The van der Waals surface area contributed by atoms with Crippen LogP contribution in [0.4, 0.5) is 9.52 Å². The molecule has 34 heavy (non-hydrogen) atoms. The van der Waals surface area contributed by atoms with Gasteiger partial charge in [-0.2, -0.15) is 0 Å². The van der Waals surface area contributed by atoms with Crippen molar-refractivity contribution < 1.29 is 28.6 Å². The summed E-state index contributed by atoms with van der Waals surface area (Å²) in [6.45, 7) is 1.61. The van der Waals surface area contributed by atoms with E-state index in [9.17, 15) is 23.9 Å². The highest BCUT2D eigenvalue weighted by Crippen LogP contribution is 2.40. The van der Waals surface area contributed by atoms with Crippen molar-refractivity contribution in [3.63, 3.8) is 0 Å². The van der Waals surface area contributed by atoms with Crippen LogP contribution in [-0.4, -0.2) is 55.2 Å². The van der Waals surface area contributed by atoms with E-state index in [-0.39, 0.29) is 18.7 Å². The number of carbonyl (C=O) groups excluding carboxylic acids is 2. The number of anilines is 1. The van der Waals surface area contributed by atoms with Crippen molar-refractivity contribution in [3.05, 3.63) is 53.7 Å². The zero-order valence-corrected chi connectivity index (χ0v) is 19.1. The molecular weight excluding hydrogens is 465 g/mol. The van der Waals surface area contributed by atoms with Crippen LogP contribution in [0.25, 0.3) is 11.3 Å². The quantitative estimate of drug-likeness (QED) is 0.392. The van der Waals surface area contributed by atoms with Crippen LogP contribution in [0.2, 0.25) is 0 Å². The summed E-state index contributed by atoms with van der Waals surface area (Å²) >= 11 is 1.18. The summed E-state index contributed by atoms with van der Waals surface area (Å²) in [4.78, 5) is 45.8. The molecule has 1 aliphatic rings. The lowest BCUT2D eigenvalue weighted by Gasteiger charge is -2.17. The molecule has 0 spiro atoms. The summed E-state index contributed by atoms with van der Waals surface area (Å²) in [5.74, 6) is -2.82. The zero-order chi connectivity index (χ0) is 24.5. The van der Waals surface area contributed by atoms with Gasteiger partial charge in [-0.1, -0.05) is 6.92 Å². The fourth-order valence-electron chi connectivity index (χ4n) is 3.54. The topological polar surface area (TPSA) is 139 Å². The van der Waals surface area contributed by atoms with Gasteiger partial charge in [-0.3, -0.25) is 9.59 Å². The van der Waals surface area contributed by atoms with Crippen LogP contribution in [0.15, 0.2) is 42.2 Å². The number of carbonyl (C=O) groups is 3. The van der Waals surface area contributed by atoms with Crippen LogP contribution in [-0.2, 0) is 32.6 Å². The highest BCUT2D eigenvalue weighted by molar-refractivity contribution is 7.14. The number of amides is 2. The first-order valence-electron chi connectivity index (χ1n) is 10.4. The minimum Gasteiger partial charge on any atom is -0.479 e. The Morgan fingerprint density at radius 1 is 1.32 bits per heavy atom. The normalized spacial score (nSPS) is 19.9. The molecule has 2 aromatic heterocycles. The van der Waals surface area contributed by atoms with Gasteiger partial charge in [0.15, 0.2) is 11.2 Å². The Hall–Kier alpha value is -3.64. The predicted molar refractivity (Wildman–Crippen MR) is 121 cm³/mol. The Bertz CT molecular complexity index is 1230. The first-order valence-corrected chi connectivity index (χ1v) is 11.3. The molecular formula is C22H22FN5O5S. The number of thiazole rings is 1. The maximum atomic E-state index is 13.2. The van der Waals surface area contributed by atoms with Gasteiger partial charge in [0.2, 0.25) is 11.5 Å². The molecule has 3 aromatic rings. The molecule has 12 heteroatoms. The number of epoxide rings is 1. The third-order valence-electron chi connectivity index (χ3n) is 5.50. The van der Waals surface area contributed by atoms with Crippen molar-refractivity contribution in [1.29, 1.82) is 0 Å². The summed E-state index contributed by atoms with van der Waals surface area (Å²) in [5, 5.41) is 16.7. The van der Waals surface area contributed by atoms with Crippen LogP contribution >= 0.6 is 11.3 Å². The van der Waals surface area contributed by atoms with E-state index in [1.165, 1.54) is 23.5 Å². The number of rotatable bonds is 9. The van der Waals surface area contributed by atoms with Crippen molar-refractivity contribution in [3.8, 4) is 11.3 Å². The molecule has 3 heterocycles. The van der Waals surface area contributed by atoms with Crippen LogP contribution in [0.5, 0.6) is 0 Å². The number of nitrogens with one attached hydrogen (secondary N) is 2. The van der Waals surface area contributed by atoms with E-state index < -0.39 is 35.5 Å². The first kappa shape index (κ1) is 23.5. The third-order valence-corrected chi connectivity index (χ3v) is 6.26. The number of aromatic nitrogens is 3. The largest absolute Gasteiger partial charge is 0.479 e. The predicted octanol–water partition coefficient (Wildman–Crippen LogP) is 1.98. The molecule has 2 amide bonds. The number of hydrogen-bond acceptors (Lipinski definition) is 7. The van der Waals surface area contributed by atoms with Gasteiger partial charge in [-0.05, 0) is 30.7 Å². The molecule has 0 saturated carbocycles.